The summed E-state index contributed by atoms with van der Waals surface area (Å²) in [6, 6.07) is -0.267. The average Bonchev–Trinajstić information content (AvgIpc) is 2.93. The maximum Gasteiger partial charge on any atom is 0.303 e. The maximum atomic E-state index is 11.9. The molecular weight excluding hydrogens is 286 g/mol. The Labute approximate surface area is 118 Å². The molecule has 1 aliphatic rings. The van der Waals surface area contributed by atoms with Gasteiger partial charge in [-0.2, -0.15) is 0 Å². The van der Waals surface area contributed by atoms with E-state index >= 15 is 0 Å². The van der Waals surface area contributed by atoms with Gasteiger partial charge in [-0.05, 0) is 25.2 Å². The van der Waals surface area contributed by atoms with Crippen molar-refractivity contribution in [3.05, 3.63) is 0 Å². The summed E-state index contributed by atoms with van der Waals surface area (Å²) in [7, 11) is -2.11. The molecule has 0 aromatic carbocycles. The third-order valence-electron chi connectivity index (χ3n) is 3.18. The van der Waals surface area contributed by atoms with E-state index in [2.05, 4.69) is 5.32 Å². The highest BCUT2D eigenvalue weighted by atomic mass is 32.2. The number of hydrogen-bond donors (Lipinski definition) is 2. The molecular formula is C12H21NO6S. The predicted molar refractivity (Wildman–Crippen MR) is 72.1 cm³/mol. The monoisotopic (exact) mass is 307 g/mol. The summed E-state index contributed by atoms with van der Waals surface area (Å²) in [6.45, 7) is 2.01. The Morgan fingerprint density at radius 3 is 2.45 bits per heavy atom. The summed E-state index contributed by atoms with van der Waals surface area (Å²) in [5.74, 6) is -2.43. The summed E-state index contributed by atoms with van der Waals surface area (Å²) < 4.78 is 28.7. The highest BCUT2D eigenvalue weighted by Gasteiger charge is 2.47. The number of rotatable bonds is 9. The minimum Gasteiger partial charge on any atom is -0.481 e. The van der Waals surface area contributed by atoms with Crippen LogP contribution in [0.4, 0.5) is 0 Å². The van der Waals surface area contributed by atoms with E-state index in [-0.39, 0.29) is 18.2 Å². The number of nitrogens with one attached hydrogen (secondary N) is 1. The lowest BCUT2D eigenvalue weighted by Crippen LogP contribution is -2.40. The van der Waals surface area contributed by atoms with Gasteiger partial charge in [-0.25, -0.2) is 8.42 Å². The molecule has 1 fully saturated rings. The molecule has 0 aromatic heterocycles. The first-order valence-corrected chi connectivity index (χ1v) is 8.21. The number of amides is 1. The van der Waals surface area contributed by atoms with Gasteiger partial charge in [0, 0.05) is 13.2 Å². The van der Waals surface area contributed by atoms with Crippen molar-refractivity contribution in [2.24, 2.45) is 5.41 Å². The summed E-state index contributed by atoms with van der Waals surface area (Å²) in [4.78, 5) is 22.3. The van der Waals surface area contributed by atoms with Crippen LogP contribution in [0.5, 0.6) is 0 Å². The Morgan fingerprint density at radius 1 is 1.40 bits per heavy atom. The maximum absolute atomic E-state index is 11.9. The zero-order valence-corrected chi connectivity index (χ0v) is 12.5. The number of carboxylic acids is 1. The first-order valence-electron chi connectivity index (χ1n) is 6.39. The molecule has 116 valence electrons. The van der Waals surface area contributed by atoms with Gasteiger partial charge in [0.2, 0.25) is 5.91 Å². The zero-order chi connectivity index (χ0) is 15.4. The Balaban J connectivity index is 2.49. The van der Waals surface area contributed by atoms with Crippen molar-refractivity contribution >= 4 is 21.7 Å². The van der Waals surface area contributed by atoms with E-state index in [1.165, 1.54) is 7.11 Å². The fourth-order valence-corrected chi connectivity index (χ4v) is 4.10. The Hall–Kier alpha value is -1.15. The van der Waals surface area contributed by atoms with Gasteiger partial charge in [0.1, 0.15) is 5.75 Å². The normalized spacial score (nSPS) is 18.3. The third kappa shape index (κ3) is 5.87. The smallest absolute Gasteiger partial charge is 0.303 e. The van der Waals surface area contributed by atoms with E-state index in [1.54, 1.807) is 6.92 Å². The van der Waals surface area contributed by atoms with Gasteiger partial charge in [0.25, 0.3) is 0 Å². The number of methoxy groups -OCH3 is 1. The van der Waals surface area contributed by atoms with E-state index in [0.717, 1.165) is 0 Å². The Kier molecular flexibility index (Phi) is 5.52. The van der Waals surface area contributed by atoms with Crippen LogP contribution in [0.25, 0.3) is 0 Å². The topological polar surface area (TPSA) is 110 Å². The number of ether oxygens (including phenoxy) is 1. The zero-order valence-electron chi connectivity index (χ0n) is 11.7. The molecule has 0 bridgehead atoms. The van der Waals surface area contributed by atoms with Crippen LogP contribution in [0.3, 0.4) is 0 Å². The largest absolute Gasteiger partial charge is 0.481 e. The van der Waals surface area contributed by atoms with Gasteiger partial charge in [0.05, 0.1) is 18.8 Å². The van der Waals surface area contributed by atoms with Gasteiger partial charge >= 0.3 is 5.97 Å². The molecule has 1 amide bonds. The number of carboxylic acid groups (broad SMARTS) is 1. The first kappa shape index (κ1) is 16.9. The van der Waals surface area contributed by atoms with E-state index in [0.29, 0.717) is 19.4 Å². The highest BCUT2D eigenvalue weighted by Crippen LogP contribution is 2.49. The van der Waals surface area contributed by atoms with Crippen LogP contribution in [-0.2, 0) is 24.2 Å². The number of carbonyl (C=O) groups excluding carboxylic acids is 1. The van der Waals surface area contributed by atoms with Crippen molar-refractivity contribution in [3.8, 4) is 0 Å². The molecule has 0 aromatic rings. The van der Waals surface area contributed by atoms with E-state index in [1.807, 2.05) is 0 Å². The van der Waals surface area contributed by atoms with Crippen LogP contribution < -0.4 is 5.32 Å². The lowest BCUT2D eigenvalue weighted by Gasteiger charge is -2.15. The van der Waals surface area contributed by atoms with Crippen molar-refractivity contribution < 1.29 is 27.9 Å². The van der Waals surface area contributed by atoms with Crippen molar-refractivity contribution in [2.75, 3.05) is 25.2 Å². The van der Waals surface area contributed by atoms with Crippen molar-refractivity contribution in [2.45, 2.75) is 32.2 Å². The quantitative estimate of drug-likeness (QED) is 0.611. The number of aliphatic carboxylic acids is 1. The van der Waals surface area contributed by atoms with Crippen LogP contribution in [0.15, 0.2) is 0 Å². The molecule has 1 atom stereocenters. The van der Waals surface area contributed by atoms with Gasteiger partial charge in [-0.3, -0.25) is 9.59 Å². The molecule has 8 heteroatoms. The standard InChI is InChI=1S/C12H21NO6S/c1-9(6-19-2)13-10(14)7-20(17,18)8-12(3-4-12)5-11(15)16/h9H,3-8H2,1-2H3,(H,13,14)(H,15,16). The predicted octanol–water partition coefficient (Wildman–Crippen LogP) is -0.193. The summed E-state index contributed by atoms with van der Waals surface area (Å²) in [5.41, 5.74) is -0.664. The minimum atomic E-state index is -3.60. The number of sulfone groups is 1. The van der Waals surface area contributed by atoms with Gasteiger partial charge < -0.3 is 15.2 Å². The Morgan fingerprint density at radius 2 is 2.00 bits per heavy atom. The average molecular weight is 307 g/mol. The van der Waals surface area contributed by atoms with Crippen molar-refractivity contribution in [1.82, 2.24) is 5.32 Å². The lowest BCUT2D eigenvalue weighted by atomic mass is 10.1. The molecule has 0 heterocycles. The third-order valence-corrected chi connectivity index (χ3v) is 4.94. The second-order valence-electron chi connectivity index (χ2n) is 5.53. The van der Waals surface area contributed by atoms with Crippen molar-refractivity contribution in [1.29, 1.82) is 0 Å². The van der Waals surface area contributed by atoms with E-state index in [4.69, 9.17) is 9.84 Å². The summed E-state index contributed by atoms with van der Waals surface area (Å²) in [5, 5.41) is 11.3. The molecule has 1 rings (SSSR count). The second-order valence-corrected chi connectivity index (χ2v) is 7.59. The molecule has 0 spiro atoms. The van der Waals surface area contributed by atoms with Crippen LogP contribution >= 0.6 is 0 Å². The summed E-state index contributed by atoms with van der Waals surface area (Å²) >= 11 is 0. The van der Waals surface area contributed by atoms with Crippen LogP contribution in [0, 0.1) is 5.41 Å². The van der Waals surface area contributed by atoms with Crippen LogP contribution in [0.1, 0.15) is 26.2 Å². The molecule has 0 radical (unpaired) electrons. The molecule has 0 saturated heterocycles. The van der Waals surface area contributed by atoms with Crippen LogP contribution in [-0.4, -0.2) is 56.7 Å². The Bertz CT molecular complexity index is 468. The van der Waals surface area contributed by atoms with Gasteiger partial charge in [-0.1, -0.05) is 0 Å². The molecule has 0 aliphatic heterocycles. The SMILES string of the molecule is COCC(C)NC(=O)CS(=O)(=O)CC1(CC(=O)O)CC1. The summed E-state index contributed by atoms with van der Waals surface area (Å²) in [6.07, 6.45) is 1.01. The minimum absolute atomic E-state index is 0.159. The fourth-order valence-electron chi connectivity index (χ4n) is 2.20. The van der Waals surface area contributed by atoms with Gasteiger partial charge in [-0.15, -0.1) is 0 Å². The highest BCUT2D eigenvalue weighted by molar-refractivity contribution is 7.92. The number of hydrogen-bond acceptors (Lipinski definition) is 5. The molecule has 20 heavy (non-hydrogen) atoms. The van der Waals surface area contributed by atoms with Crippen molar-refractivity contribution in [3.63, 3.8) is 0 Å². The molecule has 1 unspecified atom stereocenters. The molecule has 1 saturated carbocycles. The first-order chi connectivity index (χ1) is 9.18. The lowest BCUT2D eigenvalue weighted by molar-refractivity contribution is -0.138. The van der Waals surface area contributed by atoms with E-state index in [9.17, 15) is 18.0 Å². The second kappa shape index (κ2) is 6.53. The van der Waals surface area contributed by atoms with E-state index < -0.39 is 32.9 Å². The van der Waals surface area contributed by atoms with Gasteiger partial charge in [0.15, 0.2) is 9.84 Å². The molecule has 1 aliphatic carbocycles. The molecule has 2 N–H and O–H groups in total. The molecule has 7 nitrogen and oxygen atoms in total. The van der Waals surface area contributed by atoms with Crippen LogP contribution in [0.2, 0.25) is 0 Å². The number of carbonyl (C=O) groups is 2. The fraction of sp³-hybridized carbons (Fsp3) is 0.833.